The molecule has 1 heterocycles. The van der Waals surface area contributed by atoms with Gasteiger partial charge in [0, 0.05) is 18.9 Å². The molecule has 5 heteroatoms. The van der Waals surface area contributed by atoms with Crippen molar-refractivity contribution in [2.45, 2.75) is 32.4 Å². The van der Waals surface area contributed by atoms with Crippen molar-refractivity contribution < 1.29 is 19.8 Å². The molecule has 1 saturated heterocycles. The van der Waals surface area contributed by atoms with Crippen LogP contribution in [0.15, 0.2) is 0 Å². The molecule has 0 bridgehead atoms. The fraction of sp³-hybridized carbons (Fsp3) is 0.778. The number of hydrogen-bond donors (Lipinski definition) is 2. The number of nitrogens with zero attached hydrogens (tertiary/aromatic N) is 1. The number of likely N-dealkylation sites (tertiary alicyclic amines) is 1. The van der Waals surface area contributed by atoms with Gasteiger partial charge in [-0.15, -0.1) is 0 Å². The van der Waals surface area contributed by atoms with E-state index in [1.807, 2.05) is 0 Å². The van der Waals surface area contributed by atoms with Gasteiger partial charge in [-0.1, -0.05) is 13.8 Å². The van der Waals surface area contributed by atoms with Gasteiger partial charge in [0.2, 0.25) is 5.91 Å². The zero-order valence-electron chi connectivity index (χ0n) is 8.30. The minimum absolute atomic E-state index is 0.133. The second-order valence-electron chi connectivity index (χ2n) is 3.89. The van der Waals surface area contributed by atoms with Crippen molar-refractivity contribution in [3.63, 3.8) is 0 Å². The average molecular weight is 201 g/mol. The maximum Gasteiger partial charge on any atom is 0.326 e. The van der Waals surface area contributed by atoms with Crippen molar-refractivity contribution >= 4 is 11.9 Å². The highest BCUT2D eigenvalue weighted by molar-refractivity contribution is 5.85. The minimum atomic E-state index is -1.05. The van der Waals surface area contributed by atoms with E-state index in [-0.39, 0.29) is 24.8 Å². The van der Waals surface area contributed by atoms with E-state index in [1.54, 1.807) is 13.8 Å². The van der Waals surface area contributed by atoms with Crippen LogP contribution in [0.3, 0.4) is 0 Å². The van der Waals surface area contributed by atoms with E-state index in [9.17, 15) is 14.7 Å². The SMILES string of the molecule is CC(C)C(=O)N1C[C@H](O)C[C@H]1C(=O)O. The van der Waals surface area contributed by atoms with Crippen LogP contribution in [0.2, 0.25) is 0 Å². The minimum Gasteiger partial charge on any atom is -0.480 e. The summed E-state index contributed by atoms with van der Waals surface area (Å²) >= 11 is 0. The first-order chi connectivity index (χ1) is 6.43. The molecular formula is C9H15NO4. The molecule has 80 valence electrons. The number of amides is 1. The predicted octanol–water partition coefficient (Wildman–Crippen LogP) is -0.311. The summed E-state index contributed by atoms with van der Waals surface area (Å²) in [5.74, 6) is -1.49. The van der Waals surface area contributed by atoms with Crippen LogP contribution in [0.25, 0.3) is 0 Å². The normalized spacial score (nSPS) is 27.0. The highest BCUT2D eigenvalue weighted by Gasteiger charge is 2.39. The lowest BCUT2D eigenvalue weighted by atomic mass is 10.1. The topological polar surface area (TPSA) is 77.8 Å². The van der Waals surface area contributed by atoms with Gasteiger partial charge in [0.1, 0.15) is 6.04 Å². The number of aliphatic hydroxyl groups excluding tert-OH is 1. The summed E-state index contributed by atoms with van der Waals surface area (Å²) in [6, 6.07) is -0.861. The number of carboxylic acids is 1. The van der Waals surface area contributed by atoms with Crippen LogP contribution in [-0.4, -0.2) is 45.7 Å². The van der Waals surface area contributed by atoms with Gasteiger partial charge < -0.3 is 15.1 Å². The van der Waals surface area contributed by atoms with Crippen LogP contribution in [0.1, 0.15) is 20.3 Å². The Labute approximate surface area is 82.3 Å². The lowest BCUT2D eigenvalue weighted by Gasteiger charge is -2.22. The number of β-amino-alcohol motifs (C(OH)–C–C–N with tert-alkyl or cyclic N) is 1. The fourth-order valence-corrected chi connectivity index (χ4v) is 1.62. The van der Waals surface area contributed by atoms with E-state index in [0.717, 1.165) is 0 Å². The molecule has 2 N–H and O–H groups in total. The Bertz CT molecular complexity index is 251. The summed E-state index contributed by atoms with van der Waals surface area (Å²) in [6.07, 6.45) is -0.577. The zero-order valence-corrected chi connectivity index (χ0v) is 8.30. The van der Waals surface area contributed by atoms with Gasteiger partial charge >= 0.3 is 5.97 Å². The molecule has 0 radical (unpaired) electrons. The highest BCUT2D eigenvalue weighted by Crippen LogP contribution is 2.20. The van der Waals surface area contributed by atoms with Crippen molar-refractivity contribution in [1.29, 1.82) is 0 Å². The van der Waals surface area contributed by atoms with E-state index in [2.05, 4.69) is 0 Å². The fourth-order valence-electron chi connectivity index (χ4n) is 1.62. The highest BCUT2D eigenvalue weighted by atomic mass is 16.4. The van der Waals surface area contributed by atoms with E-state index in [4.69, 9.17) is 5.11 Å². The molecule has 1 rings (SSSR count). The predicted molar refractivity (Wildman–Crippen MR) is 48.6 cm³/mol. The van der Waals surface area contributed by atoms with Crippen molar-refractivity contribution in [3.8, 4) is 0 Å². The summed E-state index contributed by atoms with van der Waals surface area (Å²) in [5.41, 5.74) is 0. The first kappa shape index (κ1) is 11.0. The number of carbonyl (C=O) groups is 2. The maximum absolute atomic E-state index is 11.6. The van der Waals surface area contributed by atoms with Crippen LogP contribution in [0, 0.1) is 5.92 Å². The molecule has 1 aliphatic heterocycles. The van der Waals surface area contributed by atoms with E-state index >= 15 is 0 Å². The number of carbonyl (C=O) groups excluding carboxylic acids is 1. The Hall–Kier alpha value is -1.10. The molecule has 1 aliphatic rings. The molecule has 0 aliphatic carbocycles. The molecule has 0 aromatic rings. The molecule has 0 aromatic heterocycles. The van der Waals surface area contributed by atoms with Crippen molar-refractivity contribution in [1.82, 2.24) is 4.90 Å². The summed E-state index contributed by atoms with van der Waals surface area (Å²) in [4.78, 5) is 23.6. The molecule has 5 nitrogen and oxygen atoms in total. The molecule has 0 aromatic carbocycles. The van der Waals surface area contributed by atoms with Crippen LogP contribution < -0.4 is 0 Å². The number of hydrogen-bond acceptors (Lipinski definition) is 3. The number of rotatable bonds is 2. The lowest BCUT2D eigenvalue weighted by molar-refractivity contribution is -0.149. The summed E-state index contributed by atoms with van der Waals surface area (Å²) < 4.78 is 0. The van der Waals surface area contributed by atoms with Crippen LogP contribution in [0.5, 0.6) is 0 Å². The Morgan fingerprint density at radius 2 is 2.00 bits per heavy atom. The van der Waals surface area contributed by atoms with Gasteiger partial charge in [0.05, 0.1) is 6.10 Å². The molecule has 0 unspecified atom stereocenters. The van der Waals surface area contributed by atoms with Crippen LogP contribution >= 0.6 is 0 Å². The standard InChI is InChI=1S/C9H15NO4/c1-5(2)8(12)10-4-6(11)3-7(10)9(13)14/h5-7,11H,3-4H2,1-2H3,(H,13,14)/t6-,7+/m1/s1. The molecule has 0 spiro atoms. The van der Waals surface area contributed by atoms with Gasteiger partial charge in [-0.25, -0.2) is 4.79 Å². The quantitative estimate of drug-likeness (QED) is 0.642. The number of carboxylic acid groups (broad SMARTS) is 1. The lowest BCUT2D eigenvalue weighted by Crippen LogP contribution is -2.42. The third-order valence-corrected chi connectivity index (χ3v) is 2.34. The summed E-state index contributed by atoms with van der Waals surface area (Å²) in [7, 11) is 0. The first-order valence-electron chi connectivity index (χ1n) is 4.64. The number of aliphatic hydroxyl groups is 1. The molecule has 2 atom stereocenters. The van der Waals surface area contributed by atoms with Crippen LogP contribution in [0.4, 0.5) is 0 Å². The molecular weight excluding hydrogens is 186 g/mol. The Morgan fingerprint density at radius 1 is 1.43 bits per heavy atom. The Balaban J connectivity index is 2.76. The van der Waals surface area contributed by atoms with Crippen molar-refractivity contribution in [3.05, 3.63) is 0 Å². The van der Waals surface area contributed by atoms with E-state index < -0.39 is 18.1 Å². The van der Waals surface area contributed by atoms with Gasteiger partial charge in [-0.3, -0.25) is 4.79 Å². The Morgan fingerprint density at radius 3 is 2.43 bits per heavy atom. The second kappa shape index (κ2) is 3.96. The number of aliphatic carboxylic acids is 1. The third-order valence-electron chi connectivity index (χ3n) is 2.34. The molecule has 0 saturated carbocycles. The monoisotopic (exact) mass is 201 g/mol. The zero-order chi connectivity index (χ0) is 10.9. The van der Waals surface area contributed by atoms with Gasteiger partial charge in [-0.2, -0.15) is 0 Å². The first-order valence-corrected chi connectivity index (χ1v) is 4.64. The summed E-state index contributed by atoms with van der Waals surface area (Å²) in [6.45, 7) is 3.56. The smallest absolute Gasteiger partial charge is 0.326 e. The van der Waals surface area contributed by atoms with Crippen molar-refractivity contribution in [2.24, 2.45) is 5.92 Å². The van der Waals surface area contributed by atoms with E-state index in [0.29, 0.717) is 0 Å². The van der Waals surface area contributed by atoms with Gasteiger partial charge in [0.15, 0.2) is 0 Å². The second-order valence-corrected chi connectivity index (χ2v) is 3.89. The van der Waals surface area contributed by atoms with Crippen LogP contribution in [-0.2, 0) is 9.59 Å². The molecule has 1 amide bonds. The third kappa shape index (κ3) is 2.04. The summed E-state index contributed by atoms with van der Waals surface area (Å²) in [5, 5.41) is 18.1. The van der Waals surface area contributed by atoms with Gasteiger partial charge in [-0.05, 0) is 0 Å². The largest absolute Gasteiger partial charge is 0.480 e. The van der Waals surface area contributed by atoms with E-state index in [1.165, 1.54) is 4.90 Å². The average Bonchev–Trinajstić information content (AvgIpc) is 2.45. The van der Waals surface area contributed by atoms with Gasteiger partial charge in [0.25, 0.3) is 0 Å². The molecule has 14 heavy (non-hydrogen) atoms. The molecule has 1 fully saturated rings. The van der Waals surface area contributed by atoms with Crippen molar-refractivity contribution in [2.75, 3.05) is 6.54 Å². The maximum atomic E-state index is 11.6. The Kier molecular flexibility index (Phi) is 3.10.